The Morgan fingerprint density at radius 2 is 1.50 bits per heavy atom. The molecule has 0 N–H and O–H groups in total. The van der Waals surface area contributed by atoms with Crippen LogP contribution in [0.15, 0.2) is 0 Å². The fraction of sp³-hybridized carbons (Fsp3) is 1.00. The summed E-state index contributed by atoms with van der Waals surface area (Å²) in [5.74, 6) is 0. The summed E-state index contributed by atoms with van der Waals surface area (Å²) < 4.78 is 0. The number of hydrogen-bond acceptors (Lipinski definition) is 0. The van der Waals surface area contributed by atoms with Crippen LogP contribution < -0.4 is 0 Å². The zero-order chi connectivity index (χ0) is 3.58. The molecule has 0 saturated carbocycles. The quantitative estimate of drug-likeness (QED) is 0.601. The topological polar surface area (TPSA) is 0 Å². The van der Waals surface area contributed by atoms with Gasteiger partial charge in [0.15, 0.2) is 0 Å². The Morgan fingerprint density at radius 1 is 1.50 bits per heavy atom. The van der Waals surface area contributed by atoms with E-state index in [0.29, 0.717) is 0 Å². The van der Waals surface area contributed by atoms with E-state index in [-0.39, 0.29) is 0 Å². The zero-order valence-electron chi connectivity index (χ0n) is 2.68. The van der Waals surface area contributed by atoms with E-state index in [1.165, 1.54) is 0 Å². The molecule has 0 radical (unpaired) electrons. The van der Waals surface area contributed by atoms with Crippen molar-refractivity contribution in [3.8, 4) is 0 Å². The van der Waals surface area contributed by atoms with Gasteiger partial charge in [-0.05, 0) is 0 Å². The molecule has 4 heavy (non-hydrogen) atoms. The number of rotatable bonds is 0. The summed E-state index contributed by atoms with van der Waals surface area (Å²) in [6.07, 6.45) is 0. The summed E-state index contributed by atoms with van der Waals surface area (Å²) >= 11 is 3.03. The molecular formula is C2H6AuBr. The molecule has 0 aliphatic rings. The first-order chi connectivity index (χ1) is 1.73. The Bertz CT molecular complexity index is 10.8. The van der Waals surface area contributed by atoms with Crippen molar-refractivity contribution in [2.24, 2.45) is 0 Å². The molecule has 32 valence electrons. The third-order valence-electron chi connectivity index (χ3n) is 0. The van der Waals surface area contributed by atoms with E-state index in [2.05, 4.69) is 23.3 Å². The molecule has 0 unspecified atom stereocenters. The molecule has 0 bridgehead atoms. The van der Waals surface area contributed by atoms with Crippen molar-refractivity contribution in [3.05, 3.63) is 0 Å². The average Bonchev–Trinajstić information content (AvgIpc) is 0.811. The predicted molar refractivity (Wildman–Crippen MR) is 20.7 cm³/mol. The van der Waals surface area contributed by atoms with Gasteiger partial charge in [-0.2, -0.15) is 0 Å². The summed E-state index contributed by atoms with van der Waals surface area (Å²) in [6.45, 7) is 0. The van der Waals surface area contributed by atoms with Gasteiger partial charge in [0.2, 0.25) is 0 Å². The number of hydrogen-bond donors (Lipinski definition) is 0. The van der Waals surface area contributed by atoms with Crippen molar-refractivity contribution in [1.29, 1.82) is 0 Å². The fourth-order valence-corrected chi connectivity index (χ4v) is 0. The van der Waals surface area contributed by atoms with Gasteiger partial charge in [0.1, 0.15) is 0 Å². The van der Waals surface area contributed by atoms with Crippen LogP contribution in [0, 0.1) is 0 Å². The summed E-state index contributed by atoms with van der Waals surface area (Å²) in [5, 5.41) is 4.46. The average molecular weight is 307 g/mol. The maximum absolute atomic E-state index is 3.42. The van der Waals surface area contributed by atoms with Gasteiger partial charge in [0, 0.05) is 0 Å². The molecule has 0 atom stereocenters. The molecular weight excluding hydrogens is 301 g/mol. The molecule has 0 fully saturated rings. The van der Waals surface area contributed by atoms with E-state index in [9.17, 15) is 0 Å². The van der Waals surface area contributed by atoms with Crippen LogP contribution in [0.2, 0.25) is 10.3 Å². The van der Waals surface area contributed by atoms with Gasteiger partial charge in [-0.15, -0.1) is 0 Å². The van der Waals surface area contributed by atoms with Crippen molar-refractivity contribution < 1.29 is 16.3 Å². The van der Waals surface area contributed by atoms with E-state index in [4.69, 9.17) is 0 Å². The minimum atomic E-state index is -0.391. The van der Waals surface area contributed by atoms with Gasteiger partial charge in [-0.3, -0.25) is 0 Å². The molecule has 0 aromatic rings. The van der Waals surface area contributed by atoms with E-state index in [0.717, 1.165) is 0 Å². The molecule has 0 saturated heterocycles. The molecule has 0 rings (SSSR count). The predicted octanol–water partition coefficient (Wildman–Crippen LogP) is 2.01. The molecule has 0 aliphatic heterocycles. The van der Waals surface area contributed by atoms with Crippen LogP contribution in [0.5, 0.6) is 0 Å². The first-order valence-electron chi connectivity index (χ1n) is 0.717. The van der Waals surface area contributed by atoms with Gasteiger partial charge in [-0.25, -0.2) is 0 Å². The Labute approximate surface area is 39.7 Å². The monoisotopic (exact) mass is 306 g/mol. The van der Waals surface area contributed by atoms with Crippen molar-refractivity contribution in [2.75, 3.05) is 0 Å². The second kappa shape index (κ2) is 2.46. The van der Waals surface area contributed by atoms with E-state index >= 15 is 0 Å². The molecule has 0 heterocycles. The van der Waals surface area contributed by atoms with Gasteiger partial charge in [-0.1, -0.05) is 0 Å². The van der Waals surface area contributed by atoms with Crippen LogP contribution in [-0.4, -0.2) is 0 Å². The molecule has 0 aliphatic carbocycles. The third-order valence-corrected chi connectivity index (χ3v) is 0. The van der Waals surface area contributed by atoms with Crippen LogP contribution in [0.4, 0.5) is 0 Å². The van der Waals surface area contributed by atoms with E-state index in [1.807, 2.05) is 0 Å². The van der Waals surface area contributed by atoms with E-state index < -0.39 is 16.3 Å². The van der Waals surface area contributed by atoms with Gasteiger partial charge in [0.05, 0.1) is 0 Å². The standard InChI is InChI=1S/2CH3.Au.BrH/h2*1H3;;1H/q;;+1;/p-1. The summed E-state index contributed by atoms with van der Waals surface area (Å²) in [6, 6.07) is 0. The SMILES string of the molecule is [CH3][Au]([CH3])[Br]. The molecule has 0 spiro atoms. The molecule has 2 heteroatoms. The van der Waals surface area contributed by atoms with Crippen molar-refractivity contribution in [2.45, 2.75) is 10.3 Å². The summed E-state index contributed by atoms with van der Waals surface area (Å²) in [7, 11) is 0. The molecule has 0 amide bonds. The minimum absolute atomic E-state index is 0.391. The van der Waals surface area contributed by atoms with Crippen LogP contribution in [0.25, 0.3) is 0 Å². The first kappa shape index (κ1) is 5.22. The van der Waals surface area contributed by atoms with Crippen LogP contribution in [0.1, 0.15) is 0 Å². The Balaban J connectivity index is 2.32. The third kappa shape index (κ3) is 10.7. The van der Waals surface area contributed by atoms with Gasteiger partial charge >= 0.3 is 39.6 Å². The Morgan fingerprint density at radius 3 is 1.50 bits per heavy atom. The molecule has 0 aromatic carbocycles. The number of halogens is 1. The van der Waals surface area contributed by atoms with Crippen molar-refractivity contribution in [1.82, 2.24) is 0 Å². The Hall–Kier alpha value is 1.22. The second-order valence-corrected chi connectivity index (χ2v) is 12.2. The molecule has 0 nitrogen and oxygen atoms in total. The maximum atomic E-state index is 3.42. The van der Waals surface area contributed by atoms with Crippen LogP contribution in [0.3, 0.4) is 0 Å². The van der Waals surface area contributed by atoms with Crippen molar-refractivity contribution in [3.63, 3.8) is 0 Å². The Kier molecular flexibility index (Phi) is 3.21. The normalized spacial score (nSPS) is 11.2. The summed E-state index contributed by atoms with van der Waals surface area (Å²) in [5.41, 5.74) is 0. The second-order valence-electron chi connectivity index (χ2n) is 0.529. The summed E-state index contributed by atoms with van der Waals surface area (Å²) in [4.78, 5) is 0. The van der Waals surface area contributed by atoms with Gasteiger partial charge < -0.3 is 0 Å². The van der Waals surface area contributed by atoms with Crippen LogP contribution >= 0.6 is 13.0 Å². The zero-order valence-corrected chi connectivity index (χ0v) is 6.43. The molecule has 0 aromatic heterocycles. The van der Waals surface area contributed by atoms with Gasteiger partial charge in [0.25, 0.3) is 0 Å². The first-order valence-corrected chi connectivity index (χ1v) is 9.78. The van der Waals surface area contributed by atoms with Crippen molar-refractivity contribution >= 4 is 13.0 Å². The fourth-order valence-electron chi connectivity index (χ4n) is 0. The van der Waals surface area contributed by atoms with Crippen LogP contribution in [-0.2, 0) is 16.3 Å². The van der Waals surface area contributed by atoms with E-state index in [1.54, 1.807) is 0 Å².